The lowest BCUT2D eigenvalue weighted by Gasteiger charge is -2.18. The predicted octanol–water partition coefficient (Wildman–Crippen LogP) is 3.50. The van der Waals surface area contributed by atoms with Gasteiger partial charge in [-0.15, -0.1) is 0 Å². The summed E-state index contributed by atoms with van der Waals surface area (Å²) in [6.07, 6.45) is 0.762. The fraction of sp³-hybridized carbons (Fsp3) is 0.538. The summed E-state index contributed by atoms with van der Waals surface area (Å²) in [6.45, 7) is 4.29. The van der Waals surface area contributed by atoms with Crippen LogP contribution in [0.25, 0.3) is 0 Å². The third-order valence-electron chi connectivity index (χ3n) is 2.60. The summed E-state index contributed by atoms with van der Waals surface area (Å²) >= 11 is 1.94. The first-order valence-corrected chi connectivity index (χ1v) is 6.72. The van der Waals surface area contributed by atoms with E-state index in [9.17, 15) is 5.11 Å². The van der Waals surface area contributed by atoms with Gasteiger partial charge in [0.25, 0.3) is 0 Å². The molecule has 0 spiro atoms. The van der Waals surface area contributed by atoms with E-state index in [0.717, 1.165) is 23.5 Å². The van der Waals surface area contributed by atoms with Crippen LogP contribution in [0.1, 0.15) is 31.9 Å². The Morgan fingerprint density at radius 1 is 1.27 bits per heavy atom. The van der Waals surface area contributed by atoms with Crippen molar-refractivity contribution >= 4 is 11.8 Å². The Morgan fingerprint density at radius 2 is 1.93 bits per heavy atom. The molecule has 1 rings (SSSR count). The molecule has 1 aromatic rings. The second kappa shape index (κ2) is 6.91. The normalized spacial score (nSPS) is 14.9. The lowest BCUT2D eigenvalue weighted by molar-refractivity contribution is 0.116. The first kappa shape index (κ1) is 12.6. The Balaban J connectivity index is 2.42. The Labute approximate surface area is 96.9 Å². The van der Waals surface area contributed by atoms with Gasteiger partial charge in [-0.25, -0.2) is 0 Å². The smallest absolute Gasteiger partial charge is 0.0815 e. The molecule has 0 saturated carbocycles. The van der Waals surface area contributed by atoms with Crippen LogP contribution in [0.5, 0.6) is 0 Å². The van der Waals surface area contributed by atoms with Crippen molar-refractivity contribution in [1.29, 1.82) is 0 Å². The van der Waals surface area contributed by atoms with Gasteiger partial charge in [0.1, 0.15) is 0 Å². The highest BCUT2D eigenvalue weighted by Gasteiger charge is 2.15. The molecule has 2 unspecified atom stereocenters. The third-order valence-corrected chi connectivity index (χ3v) is 3.53. The van der Waals surface area contributed by atoms with Crippen LogP contribution in [0.3, 0.4) is 0 Å². The Hall–Kier alpha value is -0.470. The van der Waals surface area contributed by atoms with Crippen molar-refractivity contribution in [2.75, 3.05) is 11.5 Å². The molecule has 0 bridgehead atoms. The molecule has 0 aromatic heterocycles. The number of aliphatic hydroxyl groups excluding tert-OH is 1. The molecule has 1 aromatic carbocycles. The second-order valence-corrected chi connectivity index (χ2v) is 5.21. The molecule has 0 saturated heterocycles. The summed E-state index contributed by atoms with van der Waals surface area (Å²) < 4.78 is 0. The van der Waals surface area contributed by atoms with Crippen LogP contribution in [0.4, 0.5) is 0 Å². The summed E-state index contributed by atoms with van der Waals surface area (Å²) in [6, 6.07) is 9.92. The average molecular weight is 224 g/mol. The van der Waals surface area contributed by atoms with Gasteiger partial charge in [-0.2, -0.15) is 11.8 Å². The molecule has 0 aliphatic rings. The first-order chi connectivity index (χ1) is 7.25. The highest BCUT2D eigenvalue weighted by atomic mass is 32.2. The van der Waals surface area contributed by atoms with Crippen LogP contribution in [0.15, 0.2) is 30.3 Å². The highest BCUT2D eigenvalue weighted by Crippen LogP contribution is 2.25. The van der Waals surface area contributed by atoms with Crippen LogP contribution in [0, 0.1) is 5.92 Å². The van der Waals surface area contributed by atoms with E-state index in [4.69, 9.17) is 0 Å². The van der Waals surface area contributed by atoms with Crippen molar-refractivity contribution in [3.05, 3.63) is 35.9 Å². The molecule has 0 aliphatic carbocycles. The summed E-state index contributed by atoms with van der Waals surface area (Å²) in [7, 11) is 0. The molecule has 0 aliphatic heterocycles. The van der Waals surface area contributed by atoms with Crippen molar-refractivity contribution in [3.63, 3.8) is 0 Å². The van der Waals surface area contributed by atoms with Crippen LogP contribution in [0.2, 0.25) is 0 Å². The Kier molecular flexibility index (Phi) is 5.81. The first-order valence-electron chi connectivity index (χ1n) is 5.56. The minimum Gasteiger partial charge on any atom is -0.388 e. The molecule has 2 atom stereocenters. The van der Waals surface area contributed by atoms with Gasteiger partial charge in [0, 0.05) is 0 Å². The Bertz CT molecular complexity index is 260. The van der Waals surface area contributed by atoms with Crippen LogP contribution >= 0.6 is 11.8 Å². The van der Waals surface area contributed by atoms with Crippen LogP contribution in [-0.4, -0.2) is 16.6 Å². The molecule has 0 heterocycles. The third kappa shape index (κ3) is 4.27. The molecule has 0 fully saturated rings. The number of aliphatic hydroxyl groups is 1. The standard InChI is InChI=1S/C13H20OS/c1-3-15-10-9-11(2)13(14)12-7-5-4-6-8-12/h4-8,11,13-14H,3,9-10H2,1-2H3. The summed E-state index contributed by atoms with van der Waals surface area (Å²) in [4.78, 5) is 0. The predicted molar refractivity (Wildman–Crippen MR) is 68.2 cm³/mol. The van der Waals surface area contributed by atoms with E-state index in [-0.39, 0.29) is 6.10 Å². The molecule has 0 amide bonds. The lowest BCUT2D eigenvalue weighted by Crippen LogP contribution is -2.10. The van der Waals surface area contributed by atoms with Gasteiger partial charge in [-0.05, 0) is 29.4 Å². The van der Waals surface area contributed by atoms with Crippen LogP contribution in [-0.2, 0) is 0 Å². The van der Waals surface area contributed by atoms with E-state index in [2.05, 4.69) is 13.8 Å². The maximum Gasteiger partial charge on any atom is 0.0815 e. The Morgan fingerprint density at radius 3 is 2.53 bits per heavy atom. The number of benzene rings is 1. The minimum atomic E-state index is -0.316. The topological polar surface area (TPSA) is 20.2 Å². The number of thioether (sulfide) groups is 1. The minimum absolute atomic E-state index is 0.316. The molecular weight excluding hydrogens is 204 g/mol. The SMILES string of the molecule is CCSCCC(C)C(O)c1ccccc1. The monoisotopic (exact) mass is 224 g/mol. The van der Waals surface area contributed by atoms with Gasteiger partial charge in [-0.3, -0.25) is 0 Å². The zero-order valence-corrected chi connectivity index (χ0v) is 10.3. The number of rotatable bonds is 6. The van der Waals surface area contributed by atoms with Gasteiger partial charge in [0.15, 0.2) is 0 Å². The average Bonchev–Trinajstić information content (AvgIpc) is 2.29. The largest absolute Gasteiger partial charge is 0.388 e. The van der Waals surface area contributed by atoms with Gasteiger partial charge < -0.3 is 5.11 Å². The van der Waals surface area contributed by atoms with Gasteiger partial charge in [0.2, 0.25) is 0 Å². The summed E-state index contributed by atoms with van der Waals surface area (Å²) in [5.74, 6) is 2.64. The molecule has 15 heavy (non-hydrogen) atoms. The van der Waals surface area contributed by atoms with E-state index < -0.39 is 0 Å². The van der Waals surface area contributed by atoms with Gasteiger partial charge in [0.05, 0.1) is 6.10 Å². The molecule has 0 radical (unpaired) electrons. The van der Waals surface area contributed by atoms with Crippen LogP contribution < -0.4 is 0 Å². The highest BCUT2D eigenvalue weighted by molar-refractivity contribution is 7.99. The van der Waals surface area contributed by atoms with E-state index >= 15 is 0 Å². The molecule has 1 N–H and O–H groups in total. The van der Waals surface area contributed by atoms with Gasteiger partial charge >= 0.3 is 0 Å². The fourth-order valence-electron chi connectivity index (χ4n) is 1.55. The zero-order valence-electron chi connectivity index (χ0n) is 9.52. The number of hydrogen-bond acceptors (Lipinski definition) is 2. The number of hydrogen-bond donors (Lipinski definition) is 1. The van der Waals surface area contributed by atoms with E-state index in [1.165, 1.54) is 0 Å². The maximum absolute atomic E-state index is 10.1. The van der Waals surface area contributed by atoms with Crippen molar-refractivity contribution in [3.8, 4) is 0 Å². The van der Waals surface area contributed by atoms with Gasteiger partial charge in [-0.1, -0.05) is 44.2 Å². The summed E-state index contributed by atoms with van der Waals surface area (Å²) in [5.41, 5.74) is 1.03. The zero-order chi connectivity index (χ0) is 11.1. The van der Waals surface area contributed by atoms with Crippen molar-refractivity contribution in [2.45, 2.75) is 26.4 Å². The van der Waals surface area contributed by atoms with E-state index in [0.29, 0.717) is 5.92 Å². The van der Waals surface area contributed by atoms with E-state index in [1.54, 1.807) is 0 Å². The second-order valence-electron chi connectivity index (χ2n) is 3.82. The molecule has 1 nitrogen and oxygen atoms in total. The quantitative estimate of drug-likeness (QED) is 0.746. The van der Waals surface area contributed by atoms with Crippen molar-refractivity contribution in [1.82, 2.24) is 0 Å². The van der Waals surface area contributed by atoms with Crippen molar-refractivity contribution < 1.29 is 5.11 Å². The lowest BCUT2D eigenvalue weighted by atomic mass is 9.95. The molecule has 2 heteroatoms. The fourth-order valence-corrected chi connectivity index (χ4v) is 2.38. The molecular formula is C13H20OS. The summed E-state index contributed by atoms with van der Waals surface area (Å²) in [5, 5.41) is 10.1. The van der Waals surface area contributed by atoms with E-state index in [1.807, 2.05) is 42.1 Å². The maximum atomic E-state index is 10.1. The van der Waals surface area contributed by atoms with Crippen molar-refractivity contribution in [2.24, 2.45) is 5.92 Å². The molecule has 84 valence electrons.